The fraction of sp³-hybridized carbons (Fsp3) is 0.300. The molecule has 1 N–H and O–H groups in total. The van der Waals surface area contributed by atoms with Crippen LogP contribution in [0.2, 0.25) is 0 Å². The molecule has 5 heterocycles. The Morgan fingerprint density at radius 3 is 2.26 bits per heavy atom. The van der Waals surface area contributed by atoms with Crippen molar-refractivity contribution >= 4 is 5.97 Å². The van der Waals surface area contributed by atoms with Gasteiger partial charge in [-0.1, -0.05) is 59.8 Å². The SMILES string of the molecule is O=C(O[C@H]1C[N+]2(Cc3noc(-c4ccccc4)n3)CCC1CC2)C1(O)c2ccccc2Oc2ccccc21. The van der Waals surface area contributed by atoms with Gasteiger partial charge in [0.05, 0.1) is 13.1 Å². The Hall–Kier alpha value is -4.01. The lowest BCUT2D eigenvalue weighted by Gasteiger charge is -2.51. The molecule has 1 atom stereocenters. The van der Waals surface area contributed by atoms with Crippen LogP contribution < -0.4 is 4.74 Å². The second-order valence-electron chi connectivity index (χ2n) is 10.6. The largest absolute Gasteiger partial charge is 0.457 e. The van der Waals surface area contributed by atoms with Crippen LogP contribution in [0.4, 0.5) is 0 Å². The van der Waals surface area contributed by atoms with Gasteiger partial charge in [-0.05, 0) is 24.3 Å². The monoisotopic (exact) mass is 510 g/mol. The number of rotatable bonds is 5. The van der Waals surface area contributed by atoms with Crippen LogP contribution in [0.25, 0.3) is 11.5 Å². The van der Waals surface area contributed by atoms with E-state index in [-0.39, 0.29) is 12.0 Å². The third kappa shape index (κ3) is 3.71. The van der Waals surface area contributed by atoms with Crippen molar-refractivity contribution in [1.29, 1.82) is 0 Å². The molecule has 4 aromatic rings. The zero-order chi connectivity index (χ0) is 25.7. The predicted octanol–water partition coefficient (Wildman–Crippen LogP) is 4.43. The number of piperidine rings is 3. The molecular formula is C30H28N3O5+. The summed E-state index contributed by atoms with van der Waals surface area (Å²) in [6.07, 6.45) is 1.57. The molecule has 8 nitrogen and oxygen atoms in total. The highest BCUT2D eigenvalue weighted by Gasteiger charge is 2.53. The molecule has 0 unspecified atom stereocenters. The van der Waals surface area contributed by atoms with Gasteiger partial charge in [0.1, 0.15) is 24.6 Å². The van der Waals surface area contributed by atoms with Crippen LogP contribution in [0, 0.1) is 5.92 Å². The van der Waals surface area contributed by atoms with E-state index in [2.05, 4.69) is 10.1 Å². The lowest BCUT2D eigenvalue weighted by molar-refractivity contribution is -0.958. The molecule has 38 heavy (non-hydrogen) atoms. The van der Waals surface area contributed by atoms with E-state index in [1.807, 2.05) is 42.5 Å². The maximum absolute atomic E-state index is 13.8. The zero-order valence-electron chi connectivity index (χ0n) is 20.8. The Morgan fingerprint density at radius 2 is 1.58 bits per heavy atom. The van der Waals surface area contributed by atoms with Gasteiger partial charge in [0.25, 0.3) is 5.89 Å². The molecule has 8 heteroatoms. The molecule has 3 fully saturated rings. The van der Waals surface area contributed by atoms with E-state index in [0.717, 1.165) is 36.0 Å². The van der Waals surface area contributed by atoms with Gasteiger partial charge in [-0.3, -0.25) is 0 Å². The number of nitrogens with zero attached hydrogens (tertiary/aromatic N) is 3. The number of hydrogen-bond donors (Lipinski definition) is 1. The molecule has 192 valence electrons. The normalized spacial score (nSPS) is 24.7. The summed E-state index contributed by atoms with van der Waals surface area (Å²) in [5, 5.41) is 16.2. The number of fused-ring (bicyclic) bond motifs is 5. The first-order valence-electron chi connectivity index (χ1n) is 13.1. The van der Waals surface area contributed by atoms with Gasteiger partial charge >= 0.3 is 5.97 Å². The lowest BCUT2D eigenvalue weighted by Crippen LogP contribution is -2.64. The number of ether oxygens (including phenoxy) is 2. The molecule has 3 aromatic carbocycles. The Morgan fingerprint density at radius 1 is 0.947 bits per heavy atom. The van der Waals surface area contributed by atoms with Crippen molar-refractivity contribution in [2.75, 3.05) is 19.6 Å². The molecule has 0 spiro atoms. The smallest absolute Gasteiger partial charge is 0.348 e. The van der Waals surface area contributed by atoms with E-state index in [0.29, 0.717) is 47.4 Å². The van der Waals surface area contributed by atoms with Gasteiger partial charge in [0.15, 0.2) is 6.10 Å². The first-order chi connectivity index (χ1) is 18.5. The van der Waals surface area contributed by atoms with Gasteiger partial charge < -0.3 is 23.6 Å². The minimum absolute atomic E-state index is 0.262. The first kappa shape index (κ1) is 23.1. The van der Waals surface area contributed by atoms with Crippen molar-refractivity contribution in [2.45, 2.75) is 31.1 Å². The highest BCUT2D eigenvalue weighted by atomic mass is 16.6. The number of benzene rings is 3. The van der Waals surface area contributed by atoms with E-state index in [1.165, 1.54) is 0 Å². The summed E-state index contributed by atoms with van der Waals surface area (Å²) < 4.78 is 18.5. The third-order valence-corrected chi connectivity index (χ3v) is 8.33. The molecular weight excluding hydrogens is 482 g/mol. The maximum atomic E-state index is 13.8. The highest BCUT2D eigenvalue weighted by molar-refractivity contribution is 5.88. The second kappa shape index (κ2) is 8.79. The minimum atomic E-state index is -1.94. The maximum Gasteiger partial charge on any atom is 0.348 e. The molecule has 4 aliphatic heterocycles. The number of esters is 1. The van der Waals surface area contributed by atoms with Crippen LogP contribution in [0.15, 0.2) is 83.4 Å². The topological polar surface area (TPSA) is 94.7 Å². The van der Waals surface area contributed by atoms with Gasteiger partial charge in [-0.15, -0.1) is 0 Å². The van der Waals surface area contributed by atoms with Crippen molar-refractivity contribution in [3.63, 3.8) is 0 Å². The Kier molecular flexibility index (Phi) is 5.35. The summed E-state index contributed by atoms with van der Waals surface area (Å²) in [4.78, 5) is 18.5. The molecule has 0 radical (unpaired) electrons. The quantitative estimate of drug-likeness (QED) is 0.314. The molecule has 0 saturated carbocycles. The van der Waals surface area contributed by atoms with Crippen molar-refractivity contribution in [1.82, 2.24) is 10.1 Å². The van der Waals surface area contributed by atoms with Crippen LogP contribution in [-0.2, 0) is 21.7 Å². The van der Waals surface area contributed by atoms with Gasteiger partial charge in [0.2, 0.25) is 11.4 Å². The van der Waals surface area contributed by atoms with Gasteiger partial charge in [-0.2, -0.15) is 4.98 Å². The predicted molar refractivity (Wildman–Crippen MR) is 137 cm³/mol. The average Bonchev–Trinajstić information content (AvgIpc) is 3.42. The van der Waals surface area contributed by atoms with Crippen LogP contribution in [-0.4, -0.2) is 51.4 Å². The summed E-state index contributed by atoms with van der Waals surface area (Å²) in [6.45, 7) is 3.21. The summed E-state index contributed by atoms with van der Waals surface area (Å²) in [7, 11) is 0. The van der Waals surface area contributed by atoms with Crippen LogP contribution >= 0.6 is 0 Å². The Balaban J connectivity index is 1.14. The van der Waals surface area contributed by atoms with Crippen molar-refractivity contribution in [3.05, 3.63) is 95.8 Å². The second-order valence-corrected chi connectivity index (χ2v) is 10.6. The standard InChI is InChI=1S/C30H28N3O5/c34-29(30(35)22-10-4-6-12-24(22)36-25-13-7-5-11-23(25)30)37-26-18-33(16-14-20(26)15-17-33)19-27-31-28(38-32-27)21-8-2-1-3-9-21/h1-13,20,26,35H,14-19H2/q+1/t20?,26-,33?/m0/s1. The van der Waals surface area contributed by atoms with Crippen LogP contribution in [0.3, 0.4) is 0 Å². The fourth-order valence-corrected chi connectivity index (χ4v) is 6.31. The van der Waals surface area contributed by atoms with Crippen molar-refractivity contribution < 1.29 is 28.4 Å². The van der Waals surface area contributed by atoms with Crippen LogP contribution in [0.1, 0.15) is 29.8 Å². The Labute approximate surface area is 220 Å². The van der Waals surface area contributed by atoms with E-state index in [4.69, 9.17) is 14.0 Å². The molecule has 1 aromatic heterocycles. The summed E-state index contributed by atoms with van der Waals surface area (Å²) >= 11 is 0. The van der Waals surface area contributed by atoms with Gasteiger partial charge in [0, 0.05) is 35.4 Å². The Bertz CT molecular complexity index is 1450. The highest BCUT2D eigenvalue weighted by Crippen LogP contribution is 2.48. The number of hydrogen-bond acceptors (Lipinski definition) is 7. The number of carbonyl (C=O) groups is 1. The minimum Gasteiger partial charge on any atom is -0.457 e. The van der Waals surface area contributed by atoms with E-state index >= 15 is 0 Å². The number of aromatic nitrogens is 2. The molecule has 2 bridgehead atoms. The fourth-order valence-electron chi connectivity index (χ4n) is 6.31. The number of para-hydroxylation sites is 2. The molecule has 0 amide bonds. The average molecular weight is 511 g/mol. The molecule has 3 saturated heterocycles. The number of quaternary nitrogens is 1. The number of carbonyl (C=O) groups excluding carboxylic acids is 1. The number of aliphatic hydroxyl groups is 1. The lowest BCUT2D eigenvalue weighted by atomic mass is 9.81. The summed E-state index contributed by atoms with van der Waals surface area (Å²) in [5.41, 5.74) is -0.260. The van der Waals surface area contributed by atoms with Crippen molar-refractivity contribution in [2.24, 2.45) is 5.92 Å². The third-order valence-electron chi connectivity index (χ3n) is 8.33. The van der Waals surface area contributed by atoms with E-state index < -0.39 is 11.6 Å². The molecule has 8 rings (SSSR count). The molecule has 4 aliphatic rings. The summed E-state index contributed by atoms with van der Waals surface area (Å²) in [5.74, 6) is 1.67. The van der Waals surface area contributed by atoms with E-state index in [9.17, 15) is 9.90 Å². The summed E-state index contributed by atoms with van der Waals surface area (Å²) in [6, 6.07) is 23.9. The molecule has 0 aliphatic carbocycles. The zero-order valence-corrected chi connectivity index (χ0v) is 20.8. The van der Waals surface area contributed by atoms with Crippen molar-refractivity contribution in [3.8, 4) is 23.0 Å². The first-order valence-corrected chi connectivity index (χ1v) is 13.1. The van der Waals surface area contributed by atoms with E-state index in [1.54, 1.807) is 36.4 Å². The van der Waals surface area contributed by atoms with Crippen LogP contribution in [0.5, 0.6) is 11.5 Å². The van der Waals surface area contributed by atoms with Gasteiger partial charge in [-0.25, -0.2) is 4.79 Å².